The highest BCUT2D eigenvalue weighted by Gasteiger charge is 2.09. The largest absolute Gasteiger partial charge is 0.361 e. The second kappa shape index (κ2) is 7.30. The molecule has 0 saturated heterocycles. The zero-order valence-electron chi connectivity index (χ0n) is 13.1. The van der Waals surface area contributed by atoms with Crippen molar-refractivity contribution in [2.75, 3.05) is 6.54 Å². The van der Waals surface area contributed by atoms with Crippen LogP contribution in [0.5, 0.6) is 0 Å². The molecule has 2 N–H and O–H groups in total. The summed E-state index contributed by atoms with van der Waals surface area (Å²) in [5, 5.41) is 13.1. The molecule has 24 heavy (non-hydrogen) atoms. The number of H-pyrrole nitrogens is 1. The van der Waals surface area contributed by atoms with Gasteiger partial charge in [-0.2, -0.15) is 5.26 Å². The summed E-state index contributed by atoms with van der Waals surface area (Å²) in [6, 6.07) is 19.6. The van der Waals surface area contributed by atoms with E-state index < -0.39 is 0 Å². The van der Waals surface area contributed by atoms with Gasteiger partial charge in [0.2, 0.25) is 0 Å². The highest BCUT2D eigenvalue weighted by atomic mass is 16.1. The maximum Gasteiger partial charge on any atom is 0.261 e. The van der Waals surface area contributed by atoms with E-state index in [1.54, 1.807) is 6.08 Å². The van der Waals surface area contributed by atoms with Crippen molar-refractivity contribution in [3.05, 3.63) is 77.5 Å². The smallest absolute Gasteiger partial charge is 0.261 e. The molecule has 3 rings (SSSR count). The van der Waals surface area contributed by atoms with E-state index >= 15 is 0 Å². The van der Waals surface area contributed by atoms with Gasteiger partial charge in [-0.25, -0.2) is 0 Å². The third-order valence-electron chi connectivity index (χ3n) is 3.84. The molecule has 3 aromatic rings. The van der Waals surface area contributed by atoms with Crippen LogP contribution in [0.15, 0.2) is 66.4 Å². The number of carbonyl (C=O) groups excluding carboxylic acids is 1. The Bertz CT molecular complexity index is 917. The number of nitriles is 1. The number of carbonyl (C=O) groups is 1. The minimum Gasteiger partial charge on any atom is -0.361 e. The number of nitrogens with one attached hydrogen (secondary N) is 2. The lowest BCUT2D eigenvalue weighted by atomic mass is 10.1. The molecule has 0 unspecified atom stereocenters. The van der Waals surface area contributed by atoms with E-state index in [2.05, 4.69) is 10.3 Å². The molecule has 0 bridgehead atoms. The number of hydrogen-bond donors (Lipinski definition) is 2. The molecule has 4 heteroatoms. The summed E-state index contributed by atoms with van der Waals surface area (Å²) in [4.78, 5) is 15.4. The molecule has 2 aromatic carbocycles. The topological polar surface area (TPSA) is 68.7 Å². The Morgan fingerprint density at radius 1 is 1.12 bits per heavy atom. The van der Waals surface area contributed by atoms with Gasteiger partial charge in [-0.1, -0.05) is 42.5 Å². The Hall–Kier alpha value is -3.32. The van der Waals surface area contributed by atoms with Crippen LogP contribution in [0.2, 0.25) is 0 Å². The molecule has 0 spiro atoms. The summed E-state index contributed by atoms with van der Waals surface area (Å²) in [5.41, 5.74) is 3.09. The Morgan fingerprint density at radius 2 is 1.96 bits per heavy atom. The quantitative estimate of drug-likeness (QED) is 0.559. The number of hydrogen-bond acceptors (Lipinski definition) is 2. The van der Waals surface area contributed by atoms with Crippen molar-refractivity contribution in [3.8, 4) is 6.07 Å². The van der Waals surface area contributed by atoms with Crippen molar-refractivity contribution < 1.29 is 4.79 Å². The fourth-order valence-electron chi connectivity index (χ4n) is 2.60. The van der Waals surface area contributed by atoms with Crippen LogP contribution >= 0.6 is 0 Å². The minimum atomic E-state index is -0.346. The van der Waals surface area contributed by atoms with Crippen LogP contribution in [0.4, 0.5) is 0 Å². The SMILES string of the molecule is N#C/C(=C\c1cccc2[nH]ccc12)C(=O)NCCc1ccccc1. The van der Waals surface area contributed by atoms with Crippen LogP contribution in [0.1, 0.15) is 11.1 Å². The van der Waals surface area contributed by atoms with Gasteiger partial charge in [-0.05, 0) is 35.8 Å². The van der Waals surface area contributed by atoms with E-state index in [1.165, 1.54) is 0 Å². The first-order valence-electron chi connectivity index (χ1n) is 7.78. The van der Waals surface area contributed by atoms with Crippen LogP contribution in [-0.2, 0) is 11.2 Å². The average molecular weight is 315 g/mol. The van der Waals surface area contributed by atoms with E-state index in [4.69, 9.17) is 0 Å². The second-order valence-corrected chi connectivity index (χ2v) is 5.45. The normalized spacial score (nSPS) is 11.2. The van der Waals surface area contributed by atoms with Crippen molar-refractivity contribution >= 4 is 22.9 Å². The van der Waals surface area contributed by atoms with Gasteiger partial charge in [0.25, 0.3) is 5.91 Å². The third-order valence-corrected chi connectivity index (χ3v) is 3.84. The Kier molecular flexibility index (Phi) is 4.73. The summed E-state index contributed by atoms with van der Waals surface area (Å²) in [5.74, 6) is -0.346. The lowest BCUT2D eigenvalue weighted by molar-refractivity contribution is -0.117. The standard InChI is InChI=1S/C20H17N3O/c21-14-17(13-16-7-4-8-19-18(16)10-12-22-19)20(24)23-11-9-15-5-2-1-3-6-15/h1-8,10,12-13,22H,9,11H2,(H,23,24)/b17-13+. The molecule has 1 heterocycles. The van der Waals surface area contributed by atoms with Crippen LogP contribution in [0, 0.1) is 11.3 Å². The predicted octanol–water partition coefficient (Wildman–Crippen LogP) is 3.43. The Labute approximate surface area is 140 Å². The molecule has 1 amide bonds. The zero-order valence-corrected chi connectivity index (χ0v) is 13.1. The highest BCUT2D eigenvalue weighted by molar-refractivity contribution is 6.03. The number of rotatable bonds is 5. The lowest BCUT2D eigenvalue weighted by Crippen LogP contribution is -2.26. The Balaban J connectivity index is 1.70. The molecule has 0 radical (unpaired) electrons. The molecule has 0 saturated carbocycles. The van der Waals surface area contributed by atoms with E-state index in [0.717, 1.165) is 28.5 Å². The van der Waals surface area contributed by atoms with Gasteiger partial charge in [0, 0.05) is 23.6 Å². The molecular weight excluding hydrogens is 298 g/mol. The van der Waals surface area contributed by atoms with Crippen molar-refractivity contribution in [1.82, 2.24) is 10.3 Å². The summed E-state index contributed by atoms with van der Waals surface area (Å²) < 4.78 is 0. The number of fused-ring (bicyclic) bond motifs is 1. The third kappa shape index (κ3) is 3.53. The van der Waals surface area contributed by atoms with Gasteiger partial charge in [0.15, 0.2) is 0 Å². The van der Waals surface area contributed by atoms with Crippen LogP contribution in [0.3, 0.4) is 0 Å². The fraction of sp³-hybridized carbons (Fsp3) is 0.100. The molecule has 0 aliphatic carbocycles. The van der Waals surface area contributed by atoms with Crippen molar-refractivity contribution in [3.63, 3.8) is 0 Å². The van der Waals surface area contributed by atoms with E-state index in [-0.39, 0.29) is 11.5 Å². The van der Waals surface area contributed by atoms with Crippen molar-refractivity contribution in [1.29, 1.82) is 5.26 Å². The molecule has 0 aliphatic heterocycles. The van der Waals surface area contributed by atoms with Gasteiger partial charge >= 0.3 is 0 Å². The Morgan fingerprint density at radius 3 is 2.75 bits per heavy atom. The van der Waals surface area contributed by atoms with Gasteiger partial charge in [-0.15, -0.1) is 0 Å². The fourth-order valence-corrected chi connectivity index (χ4v) is 2.60. The molecule has 118 valence electrons. The summed E-state index contributed by atoms with van der Waals surface area (Å²) >= 11 is 0. The maximum absolute atomic E-state index is 12.2. The van der Waals surface area contributed by atoms with Crippen LogP contribution < -0.4 is 5.32 Å². The number of aromatic nitrogens is 1. The number of amides is 1. The predicted molar refractivity (Wildman–Crippen MR) is 95.0 cm³/mol. The summed E-state index contributed by atoms with van der Waals surface area (Å²) in [6.45, 7) is 0.496. The molecule has 4 nitrogen and oxygen atoms in total. The summed E-state index contributed by atoms with van der Waals surface area (Å²) in [7, 11) is 0. The lowest BCUT2D eigenvalue weighted by Gasteiger charge is -2.05. The monoisotopic (exact) mass is 315 g/mol. The van der Waals surface area contributed by atoms with Crippen molar-refractivity contribution in [2.24, 2.45) is 0 Å². The molecular formula is C20H17N3O. The van der Waals surface area contributed by atoms with E-state index in [9.17, 15) is 10.1 Å². The maximum atomic E-state index is 12.2. The number of benzene rings is 2. The zero-order chi connectivity index (χ0) is 16.8. The van der Waals surface area contributed by atoms with Crippen LogP contribution in [0.25, 0.3) is 17.0 Å². The molecule has 0 fully saturated rings. The van der Waals surface area contributed by atoms with E-state index in [1.807, 2.05) is 66.9 Å². The number of nitrogens with zero attached hydrogens (tertiary/aromatic N) is 1. The van der Waals surface area contributed by atoms with E-state index in [0.29, 0.717) is 6.54 Å². The minimum absolute atomic E-state index is 0.108. The molecule has 0 aliphatic rings. The van der Waals surface area contributed by atoms with Crippen LogP contribution in [-0.4, -0.2) is 17.4 Å². The molecule has 1 aromatic heterocycles. The van der Waals surface area contributed by atoms with Gasteiger partial charge < -0.3 is 10.3 Å². The van der Waals surface area contributed by atoms with Crippen molar-refractivity contribution in [2.45, 2.75) is 6.42 Å². The molecule has 0 atom stereocenters. The first-order chi connectivity index (χ1) is 11.8. The average Bonchev–Trinajstić information content (AvgIpc) is 3.10. The van der Waals surface area contributed by atoms with Gasteiger partial charge in [0.1, 0.15) is 11.6 Å². The summed E-state index contributed by atoms with van der Waals surface area (Å²) in [6.07, 6.45) is 4.21. The first kappa shape index (κ1) is 15.6. The highest BCUT2D eigenvalue weighted by Crippen LogP contribution is 2.19. The number of aromatic amines is 1. The second-order valence-electron chi connectivity index (χ2n) is 5.45. The first-order valence-corrected chi connectivity index (χ1v) is 7.78. The van der Waals surface area contributed by atoms with Gasteiger partial charge in [0.05, 0.1) is 0 Å². The van der Waals surface area contributed by atoms with Gasteiger partial charge in [-0.3, -0.25) is 4.79 Å².